The fourth-order valence-corrected chi connectivity index (χ4v) is 3.23. The standard InChI is InChI=1S/C16H22BrN3O3.ClH/c17-12-7-8-14(15(11-12)20(22)23)16(21)19-10-9-18-13-5-3-1-2-4-6-13;/h7-8,11,13,18H,1-6,9-10H2,(H,19,21);1H. The second-order valence-electron chi connectivity index (χ2n) is 5.82. The van der Waals surface area contributed by atoms with Crippen LogP contribution in [0.25, 0.3) is 0 Å². The maximum absolute atomic E-state index is 12.1. The first-order valence-corrected chi connectivity index (χ1v) is 8.83. The summed E-state index contributed by atoms with van der Waals surface area (Å²) in [6.07, 6.45) is 7.51. The van der Waals surface area contributed by atoms with Crippen LogP contribution in [0.3, 0.4) is 0 Å². The summed E-state index contributed by atoms with van der Waals surface area (Å²) in [7, 11) is 0. The predicted octanol–water partition coefficient (Wildman–Crippen LogP) is 3.82. The number of hydrogen-bond acceptors (Lipinski definition) is 4. The predicted molar refractivity (Wildman–Crippen MR) is 99.9 cm³/mol. The van der Waals surface area contributed by atoms with E-state index in [9.17, 15) is 14.9 Å². The summed E-state index contributed by atoms with van der Waals surface area (Å²) in [4.78, 5) is 22.6. The topological polar surface area (TPSA) is 84.3 Å². The lowest BCUT2D eigenvalue weighted by atomic mass is 10.1. The van der Waals surface area contributed by atoms with E-state index in [-0.39, 0.29) is 23.7 Å². The number of rotatable bonds is 6. The van der Waals surface area contributed by atoms with Crippen molar-refractivity contribution in [3.8, 4) is 0 Å². The van der Waals surface area contributed by atoms with Gasteiger partial charge in [-0.2, -0.15) is 0 Å². The van der Waals surface area contributed by atoms with Gasteiger partial charge in [-0.25, -0.2) is 0 Å². The maximum atomic E-state index is 12.1. The lowest BCUT2D eigenvalue weighted by Crippen LogP contribution is -2.37. The highest BCUT2D eigenvalue weighted by Crippen LogP contribution is 2.23. The minimum Gasteiger partial charge on any atom is -0.351 e. The van der Waals surface area contributed by atoms with E-state index in [4.69, 9.17) is 0 Å². The number of nitro benzene ring substituents is 1. The number of nitrogens with zero attached hydrogens (tertiary/aromatic N) is 1. The van der Waals surface area contributed by atoms with Crippen LogP contribution in [0.2, 0.25) is 0 Å². The zero-order chi connectivity index (χ0) is 16.7. The van der Waals surface area contributed by atoms with Gasteiger partial charge in [-0.15, -0.1) is 12.4 Å². The van der Waals surface area contributed by atoms with Crippen LogP contribution >= 0.6 is 28.3 Å². The molecule has 0 spiro atoms. The van der Waals surface area contributed by atoms with Gasteiger partial charge in [-0.05, 0) is 25.0 Å². The number of amides is 1. The maximum Gasteiger partial charge on any atom is 0.283 e. The second kappa shape index (κ2) is 10.6. The Morgan fingerprint density at radius 2 is 1.88 bits per heavy atom. The minimum atomic E-state index is -0.538. The SMILES string of the molecule is Cl.O=C(NCCNC1CCCCCC1)c1ccc(Br)cc1[N+](=O)[O-]. The molecule has 2 N–H and O–H groups in total. The zero-order valence-electron chi connectivity index (χ0n) is 13.4. The quantitative estimate of drug-likeness (QED) is 0.317. The zero-order valence-corrected chi connectivity index (χ0v) is 15.8. The van der Waals surface area contributed by atoms with Crippen LogP contribution < -0.4 is 10.6 Å². The molecule has 1 saturated carbocycles. The van der Waals surface area contributed by atoms with Crippen LogP contribution in [0.5, 0.6) is 0 Å². The van der Waals surface area contributed by atoms with Gasteiger partial charge < -0.3 is 10.6 Å². The van der Waals surface area contributed by atoms with Crippen molar-refractivity contribution in [3.05, 3.63) is 38.3 Å². The van der Waals surface area contributed by atoms with E-state index in [0.29, 0.717) is 23.6 Å². The molecule has 1 fully saturated rings. The van der Waals surface area contributed by atoms with E-state index >= 15 is 0 Å². The molecule has 0 aliphatic heterocycles. The summed E-state index contributed by atoms with van der Waals surface area (Å²) in [5.74, 6) is -0.410. The summed E-state index contributed by atoms with van der Waals surface area (Å²) in [6.45, 7) is 1.14. The largest absolute Gasteiger partial charge is 0.351 e. The number of benzene rings is 1. The Morgan fingerprint density at radius 3 is 2.50 bits per heavy atom. The van der Waals surface area contributed by atoms with Crippen molar-refractivity contribution in [2.75, 3.05) is 13.1 Å². The van der Waals surface area contributed by atoms with E-state index in [1.165, 1.54) is 50.7 Å². The van der Waals surface area contributed by atoms with Crippen molar-refractivity contribution in [1.29, 1.82) is 0 Å². The summed E-state index contributed by atoms with van der Waals surface area (Å²) < 4.78 is 0.579. The van der Waals surface area contributed by atoms with E-state index in [0.717, 1.165) is 0 Å². The number of halogens is 2. The lowest BCUT2D eigenvalue weighted by Gasteiger charge is -2.16. The molecule has 0 radical (unpaired) electrons. The van der Waals surface area contributed by atoms with E-state index < -0.39 is 10.8 Å². The Hall–Kier alpha value is -1.18. The Bertz CT molecular complexity index is 563. The average Bonchev–Trinajstić information content (AvgIpc) is 2.80. The first-order chi connectivity index (χ1) is 11.1. The van der Waals surface area contributed by atoms with E-state index in [1.54, 1.807) is 6.07 Å². The summed E-state index contributed by atoms with van der Waals surface area (Å²) in [5, 5.41) is 17.2. The fraction of sp³-hybridized carbons (Fsp3) is 0.562. The van der Waals surface area contributed by atoms with Crippen molar-refractivity contribution in [1.82, 2.24) is 10.6 Å². The van der Waals surface area contributed by atoms with Gasteiger partial charge in [-0.1, -0.05) is 41.6 Å². The summed E-state index contributed by atoms with van der Waals surface area (Å²) >= 11 is 3.18. The molecule has 1 aliphatic carbocycles. The molecule has 1 amide bonds. The summed E-state index contributed by atoms with van der Waals surface area (Å²) in [6, 6.07) is 4.97. The Kier molecular flexibility index (Phi) is 9.25. The highest BCUT2D eigenvalue weighted by Gasteiger charge is 2.20. The molecular weight excluding hydrogens is 398 g/mol. The van der Waals surface area contributed by atoms with Gasteiger partial charge in [-0.3, -0.25) is 14.9 Å². The van der Waals surface area contributed by atoms with Gasteiger partial charge in [0.25, 0.3) is 11.6 Å². The average molecular weight is 421 g/mol. The molecule has 0 saturated heterocycles. The van der Waals surface area contributed by atoms with Crippen LogP contribution in [-0.4, -0.2) is 30.0 Å². The first-order valence-electron chi connectivity index (χ1n) is 8.03. The van der Waals surface area contributed by atoms with Gasteiger partial charge in [0.05, 0.1) is 4.92 Å². The molecule has 2 rings (SSSR count). The molecule has 0 atom stereocenters. The van der Waals surface area contributed by atoms with Crippen LogP contribution in [0.4, 0.5) is 5.69 Å². The smallest absolute Gasteiger partial charge is 0.283 e. The lowest BCUT2D eigenvalue weighted by molar-refractivity contribution is -0.385. The van der Waals surface area contributed by atoms with Crippen molar-refractivity contribution in [3.63, 3.8) is 0 Å². The van der Waals surface area contributed by atoms with Crippen molar-refractivity contribution in [2.24, 2.45) is 0 Å². The van der Waals surface area contributed by atoms with Crippen LogP contribution in [-0.2, 0) is 0 Å². The number of hydrogen-bond donors (Lipinski definition) is 2. The second-order valence-corrected chi connectivity index (χ2v) is 6.73. The Morgan fingerprint density at radius 1 is 1.21 bits per heavy atom. The van der Waals surface area contributed by atoms with E-state index in [1.807, 2.05) is 0 Å². The third-order valence-electron chi connectivity index (χ3n) is 4.10. The van der Waals surface area contributed by atoms with Crippen LogP contribution in [0.15, 0.2) is 22.7 Å². The van der Waals surface area contributed by atoms with Crippen molar-refractivity contribution >= 4 is 39.9 Å². The minimum absolute atomic E-state index is 0. The molecule has 6 nitrogen and oxygen atoms in total. The van der Waals surface area contributed by atoms with Gasteiger partial charge in [0.2, 0.25) is 0 Å². The van der Waals surface area contributed by atoms with Crippen molar-refractivity contribution in [2.45, 2.75) is 44.6 Å². The first kappa shape index (κ1) is 20.9. The molecule has 0 heterocycles. The van der Waals surface area contributed by atoms with Gasteiger partial charge in [0, 0.05) is 29.7 Å². The van der Waals surface area contributed by atoms with Gasteiger partial charge in [0.15, 0.2) is 0 Å². The highest BCUT2D eigenvalue weighted by molar-refractivity contribution is 9.10. The molecule has 1 aromatic carbocycles. The van der Waals surface area contributed by atoms with Crippen LogP contribution in [0, 0.1) is 10.1 Å². The molecular formula is C16H23BrClN3O3. The van der Waals surface area contributed by atoms with E-state index in [2.05, 4.69) is 26.6 Å². The Balaban J connectivity index is 0.00000288. The summed E-state index contributed by atoms with van der Waals surface area (Å²) in [5.41, 5.74) is -0.0960. The normalized spacial score (nSPS) is 15.2. The number of carbonyl (C=O) groups is 1. The number of nitrogens with one attached hydrogen (secondary N) is 2. The van der Waals surface area contributed by atoms with Gasteiger partial charge in [0.1, 0.15) is 5.56 Å². The van der Waals surface area contributed by atoms with Gasteiger partial charge >= 0.3 is 0 Å². The van der Waals surface area contributed by atoms with Crippen molar-refractivity contribution < 1.29 is 9.72 Å². The molecule has 8 heteroatoms. The Labute approximate surface area is 156 Å². The molecule has 24 heavy (non-hydrogen) atoms. The highest BCUT2D eigenvalue weighted by atomic mass is 79.9. The number of nitro groups is 1. The number of carbonyl (C=O) groups excluding carboxylic acids is 1. The molecule has 1 aliphatic rings. The molecule has 134 valence electrons. The third kappa shape index (κ3) is 6.37. The molecule has 0 aromatic heterocycles. The van der Waals surface area contributed by atoms with Crippen LogP contribution in [0.1, 0.15) is 48.9 Å². The monoisotopic (exact) mass is 419 g/mol. The third-order valence-corrected chi connectivity index (χ3v) is 4.59. The fourth-order valence-electron chi connectivity index (χ4n) is 2.88. The molecule has 0 unspecified atom stereocenters. The molecule has 1 aromatic rings. The molecule has 0 bridgehead atoms.